The van der Waals surface area contributed by atoms with E-state index >= 15 is 0 Å². The Morgan fingerprint density at radius 3 is 2.48 bits per heavy atom. The number of hydrogen-bond donors (Lipinski definition) is 1. The highest BCUT2D eigenvalue weighted by Gasteiger charge is 2.45. The van der Waals surface area contributed by atoms with Gasteiger partial charge in [-0.2, -0.15) is 11.8 Å². The molecule has 6 heteroatoms. The van der Waals surface area contributed by atoms with Crippen molar-refractivity contribution in [3.63, 3.8) is 0 Å². The van der Waals surface area contributed by atoms with Crippen LogP contribution in [-0.2, 0) is 4.79 Å². The van der Waals surface area contributed by atoms with Gasteiger partial charge in [-0.05, 0) is 38.5 Å². The Balaban J connectivity index is 1.67. The molecular weight excluding hydrogens is 288 g/mol. The molecule has 3 aliphatic rings. The molecule has 1 N–H and O–H groups in total. The van der Waals surface area contributed by atoms with Gasteiger partial charge in [-0.3, -0.25) is 4.79 Å². The van der Waals surface area contributed by atoms with Crippen LogP contribution in [0.5, 0.6) is 0 Å². The van der Waals surface area contributed by atoms with Crippen LogP contribution in [-0.4, -0.2) is 63.1 Å². The SMILES string of the molecule is CC1CSCCN1C(=O)N1C2CCC1CC(CC(=O)O)C2. The van der Waals surface area contributed by atoms with Crippen LogP contribution in [0.3, 0.4) is 0 Å². The summed E-state index contributed by atoms with van der Waals surface area (Å²) in [5.74, 6) is 1.59. The molecule has 0 aromatic carbocycles. The lowest BCUT2D eigenvalue weighted by molar-refractivity contribution is -0.138. The number of rotatable bonds is 2. The number of nitrogens with zero attached hydrogens (tertiary/aromatic N) is 2. The van der Waals surface area contributed by atoms with Gasteiger partial charge in [0.25, 0.3) is 0 Å². The topological polar surface area (TPSA) is 60.9 Å². The van der Waals surface area contributed by atoms with Gasteiger partial charge in [0, 0.05) is 42.6 Å². The van der Waals surface area contributed by atoms with Gasteiger partial charge < -0.3 is 14.9 Å². The molecule has 2 amide bonds. The molecule has 0 aliphatic carbocycles. The van der Waals surface area contributed by atoms with Crippen LogP contribution >= 0.6 is 11.8 Å². The molecule has 0 spiro atoms. The summed E-state index contributed by atoms with van der Waals surface area (Å²) in [5, 5.41) is 8.98. The fourth-order valence-electron chi connectivity index (χ4n) is 4.18. The van der Waals surface area contributed by atoms with Crippen molar-refractivity contribution in [2.75, 3.05) is 18.1 Å². The summed E-state index contributed by atoms with van der Waals surface area (Å²) in [6.45, 7) is 2.97. The number of urea groups is 1. The molecule has 5 nitrogen and oxygen atoms in total. The summed E-state index contributed by atoms with van der Waals surface area (Å²) in [4.78, 5) is 27.9. The highest BCUT2D eigenvalue weighted by Crippen LogP contribution is 2.40. The Morgan fingerprint density at radius 2 is 1.90 bits per heavy atom. The highest BCUT2D eigenvalue weighted by atomic mass is 32.2. The number of amides is 2. The van der Waals surface area contributed by atoms with E-state index in [0.717, 1.165) is 43.7 Å². The number of hydrogen-bond acceptors (Lipinski definition) is 3. The lowest BCUT2D eigenvalue weighted by Crippen LogP contribution is -2.56. The third-order valence-corrected chi connectivity index (χ3v) is 6.32. The first-order valence-corrected chi connectivity index (χ1v) is 9.10. The predicted octanol–water partition coefficient (Wildman–Crippen LogP) is 2.26. The molecule has 3 rings (SSSR count). The second-order valence-electron chi connectivity index (χ2n) is 6.63. The van der Waals surface area contributed by atoms with Crippen molar-refractivity contribution in [3.05, 3.63) is 0 Å². The first-order valence-electron chi connectivity index (χ1n) is 7.94. The van der Waals surface area contributed by atoms with Crippen molar-refractivity contribution in [3.8, 4) is 0 Å². The quantitative estimate of drug-likeness (QED) is 0.849. The van der Waals surface area contributed by atoms with Crippen molar-refractivity contribution in [2.24, 2.45) is 5.92 Å². The Kier molecular flexibility index (Phi) is 4.33. The largest absolute Gasteiger partial charge is 0.481 e. The first-order chi connectivity index (χ1) is 10.1. The van der Waals surface area contributed by atoms with E-state index in [4.69, 9.17) is 5.11 Å². The zero-order chi connectivity index (χ0) is 15.0. The maximum Gasteiger partial charge on any atom is 0.320 e. The van der Waals surface area contributed by atoms with E-state index in [0.29, 0.717) is 6.04 Å². The van der Waals surface area contributed by atoms with Gasteiger partial charge in [0.2, 0.25) is 0 Å². The molecule has 3 fully saturated rings. The molecule has 3 atom stereocenters. The standard InChI is InChI=1S/C15H24N2O3S/c1-10-9-21-5-4-16(10)15(20)17-12-2-3-13(17)7-11(6-12)8-14(18)19/h10-13H,2-9H2,1H3,(H,18,19). The Morgan fingerprint density at radius 1 is 1.24 bits per heavy atom. The summed E-state index contributed by atoms with van der Waals surface area (Å²) in [5.41, 5.74) is 0. The third kappa shape index (κ3) is 3.00. The fraction of sp³-hybridized carbons (Fsp3) is 0.867. The molecule has 3 heterocycles. The number of carboxylic acids is 1. The highest BCUT2D eigenvalue weighted by molar-refractivity contribution is 7.99. The van der Waals surface area contributed by atoms with Crippen molar-refractivity contribution >= 4 is 23.8 Å². The molecule has 118 valence electrons. The average molecular weight is 312 g/mol. The summed E-state index contributed by atoms with van der Waals surface area (Å²) in [6.07, 6.45) is 4.08. The molecule has 3 unspecified atom stereocenters. The zero-order valence-corrected chi connectivity index (χ0v) is 13.3. The lowest BCUT2D eigenvalue weighted by Gasteiger charge is -2.43. The molecular formula is C15H24N2O3S. The van der Waals surface area contributed by atoms with E-state index in [1.807, 2.05) is 16.7 Å². The van der Waals surface area contributed by atoms with E-state index < -0.39 is 5.97 Å². The Labute approximate surface area is 130 Å². The summed E-state index contributed by atoms with van der Waals surface area (Å²) in [7, 11) is 0. The molecule has 3 aliphatic heterocycles. The number of carboxylic acid groups (broad SMARTS) is 1. The maximum absolute atomic E-state index is 12.9. The predicted molar refractivity (Wildman–Crippen MR) is 82.5 cm³/mol. The fourth-order valence-corrected chi connectivity index (χ4v) is 5.19. The van der Waals surface area contributed by atoms with Gasteiger partial charge in [0.05, 0.1) is 0 Å². The van der Waals surface area contributed by atoms with Crippen molar-refractivity contribution < 1.29 is 14.7 Å². The van der Waals surface area contributed by atoms with Crippen molar-refractivity contribution in [1.29, 1.82) is 0 Å². The van der Waals surface area contributed by atoms with Crippen LogP contribution in [0.25, 0.3) is 0 Å². The minimum absolute atomic E-state index is 0.198. The van der Waals surface area contributed by atoms with E-state index in [9.17, 15) is 9.59 Å². The van der Waals surface area contributed by atoms with Crippen LogP contribution in [0.1, 0.15) is 39.0 Å². The van der Waals surface area contributed by atoms with Crippen LogP contribution in [0.15, 0.2) is 0 Å². The van der Waals surface area contributed by atoms with E-state index in [1.54, 1.807) is 0 Å². The van der Waals surface area contributed by atoms with E-state index in [2.05, 4.69) is 11.8 Å². The summed E-state index contributed by atoms with van der Waals surface area (Å²) < 4.78 is 0. The zero-order valence-electron chi connectivity index (χ0n) is 12.5. The molecule has 0 saturated carbocycles. The first kappa shape index (κ1) is 15.0. The van der Waals surface area contributed by atoms with Gasteiger partial charge in [0.1, 0.15) is 0 Å². The molecule has 0 aromatic heterocycles. The summed E-state index contributed by atoms with van der Waals surface area (Å²) >= 11 is 1.92. The van der Waals surface area contributed by atoms with E-state index in [1.165, 1.54) is 0 Å². The smallest absolute Gasteiger partial charge is 0.320 e. The number of aliphatic carboxylic acids is 1. The second kappa shape index (κ2) is 6.07. The number of carbonyl (C=O) groups is 2. The van der Waals surface area contributed by atoms with Gasteiger partial charge in [0.15, 0.2) is 0 Å². The Bertz CT molecular complexity index is 417. The van der Waals surface area contributed by atoms with Crippen LogP contribution < -0.4 is 0 Å². The lowest BCUT2D eigenvalue weighted by atomic mass is 9.88. The molecule has 3 saturated heterocycles. The van der Waals surface area contributed by atoms with Crippen LogP contribution in [0.4, 0.5) is 4.79 Å². The third-order valence-electron chi connectivity index (χ3n) is 5.13. The maximum atomic E-state index is 12.9. The van der Waals surface area contributed by atoms with Gasteiger partial charge in [-0.15, -0.1) is 0 Å². The Hall–Kier alpha value is -0.910. The normalized spacial score (nSPS) is 35.9. The molecule has 0 radical (unpaired) electrons. The number of thioether (sulfide) groups is 1. The van der Waals surface area contributed by atoms with Crippen LogP contribution in [0.2, 0.25) is 0 Å². The van der Waals surface area contributed by atoms with Gasteiger partial charge >= 0.3 is 12.0 Å². The number of fused-ring (bicyclic) bond motifs is 2. The van der Waals surface area contributed by atoms with Crippen molar-refractivity contribution in [2.45, 2.75) is 57.2 Å². The van der Waals surface area contributed by atoms with Crippen LogP contribution in [0, 0.1) is 5.92 Å². The monoisotopic (exact) mass is 312 g/mol. The van der Waals surface area contributed by atoms with Gasteiger partial charge in [-0.25, -0.2) is 4.79 Å². The summed E-state index contributed by atoms with van der Waals surface area (Å²) in [6, 6.07) is 1.04. The average Bonchev–Trinajstić information content (AvgIpc) is 2.69. The van der Waals surface area contributed by atoms with E-state index in [-0.39, 0.29) is 30.5 Å². The number of carbonyl (C=O) groups excluding carboxylic acids is 1. The molecule has 2 bridgehead atoms. The second-order valence-corrected chi connectivity index (χ2v) is 7.78. The van der Waals surface area contributed by atoms with Crippen molar-refractivity contribution in [1.82, 2.24) is 9.80 Å². The minimum Gasteiger partial charge on any atom is -0.481 e. The molecule has 0 aromatic rings. The minimum atomic E-state index is -0.708. The number of piperidine rings is 1. The van der Waals surface area contributed by atoms with Gasteiger partial charge in [-0.1, -0.05) is 0 Å². The molecule has 21 heavy (non-hydrogen) atoms.